The third-order valence-electron chi connectivity index (χ3n) is 1.96. The lowest BCUT2D eigenvalue weighted by atomic mass is 10.3. The standard InChI is InChI=1S/C7H9N3O3/c11-4-1-8-7-9-2-5(6(12)13)10(7)3-4/h2,4,11H,1,3H2,(H,8,9)(H,12,13). The first-order valence-corrected chi connectivity index (χ1v) is 3.89. The van der Waals surface area contributed by atoms with Crippen molar-refractivity contribution in [3.8, 4) is 0 Å². The Hall–Kier alpha value is -1.56. The van der Waals surface area contributed by atoms with E-state index in [1.54, 1.807) is 0 Å². The number of nitrogens with zero attached hydrogens (tertiary/aromatic N) is 2. The van der Waals surface area contributed by atoms with Crippen molar-refractivity contribution in [1.82, 2.24) is 9.55 Å². The highest BCUT2D eigenvalue weighted by atomic mass is 16.4. The van der Waals surface area contributed by atoms with Gasteiger partial charge in [-0.1, -0.05) is 0 Å². The number of carbonyl (C=O) groups is 1. The van der Waals surface area contributed by atoms with E-state index in [1.165, 1.54) is 10.8 Å². The number of fused-ring (bicyclic) bond motifs is 1. The zero-order valence-corrected chi connectivity index (χ0v) is 6.77. The highest BCUT2D eigenvalue weighted by Gasteiger charge is 2.22. The number of aromatic carboxylic acids is 1. The highest BCUT2D eigenvalue weighted by molar-refractivity contribution is 5.86. The summed E-state index contributed by atoms with van der Waals surface area (Å²) in [5.74, 6) is -0.530. The number of rotatable bonds is 1. The lowest BCUT2D eigenvalue weighted by Crippen LogP contribution is -2.32. The summed E-state index contributed by atoms with van der Waals surface area (Å²) < 4.78 is 1.45. The molecular formula is C7H9N3O3. The Balaban J connectivity index is 2.41. The fourth-order valence-corrected chi connectivity index (χ4v) is 1.36. The van der Waals surface area contributed by atoms with Gasteiger partial charge in [0.25, 0.3) is 0 Å². The second-order valence-electron chi connectivity index (χ2n) is 2.92. The van der Waals surface area contributed by atoms with Gasteiger partial charge in [0.1, 0.15) is 5.69 Å². The summed E-state index contributed by atoms with van der Waals surface area (Å²) in [5, 5.41) is 20.8. The molecule has 1 aromatic heterocycles. The van der Waals surface area contributed by atoms with Gasteiger partial charge < -0.3 is 20.1 Å². The molecule has 0 amide bonds. The smallest absolute Gasteiger partial charge is 0.354 e. The van der Waals surface area contributed by atoms with Crippen LogP contribution in [0, 0.1) is 0 Å². The average molecular weight is 183 g/mol. The van der Waals surface area contributed by atoms with E-state index in [1.807, 2.05) is 0 Å². The number of hydrogen-bond acceptors (Lipinski definition) is 4. The van der Waals surface area contributed by atoms with E-state index >= 15 is 0 Å². The monoisotopic (exact) mass is 183 g/mol. The maximum Gasteiger partial charge on any atom is 0.354 e. The molecule has 13 heavy (non-hydrogen) atoms. The number of anilines is 1. The van der Waals surface area contributed by atoms with Crippen LogP contribution in [0.4, 0.5) is 5.95 Å². The van der Waals surface area contributed by atoms with Crippen LogP contribution in [0.2, 0.25) is 0 Å². The predicted molar refractivity (Wildman–Crippen MR) is 43.7 cm³/mol. The van der Waals surface area contributed by atoms with Crippen molar-refractivity contribution in [2.45, 2.75) is 12.6 Å². The number of carboxylic acid groups (broad SMARTS) is 1. The van der Waals surface area contributed by atoms with Gasteiger partial charge in [-0.15, -0.1) is 0 Å². The largest absolute Gasteiger partial charge is 0.477 e. The van der Waals surface area contributed by atoms with Crippen molar-refractivity contribution >= 4 is 11.9 Å². The summed E-state index contributed by atoms with van der Waals surface area (Å²) in [6.45, 7) is 0.694. The molecule has 3 N–H and O–H groups in total. The third kappa shape index (κ3) is 1.25. The number of aliphatic hydroxyl groups excluding tert-OH is 1. The van der Waals surface area contributed by atoms with Crippen LogP contribution in [0.5, 0.6) is 0 Å². The lowest BCUT2D eigenvalue weighted by molar-refractivity contribution is 0.0679. The van der Waals surface area contributed by atoms with Crippen LogP contribution in [0.1, 0.15) is 10.5 Å². The van der Waals surface area contributed by atoms with Gasteiger partial charge in [-0.3, -0.25) is 0 Å². The summed E-state index contributed by atoms with van der Waals surface area (Å²) in [4.78, 5) is 14.5. The molecule has 1 aliphatic heterocycles. The molecule has 6 heteroatoms. The molecule has 0 aromatic carbocycles. The Morgan fingerprint density at radius 1 is 1.77 bits per heavy atom. The van der Waals surface area contributed by atoms with Gasteiger partial charge in [0.15, 0.2) is 0 Å². The van der Waals surface area contributed by atoms with Gasteiger partial charge in [0.05, 0.1) is 18.8 Å². The quantitative estimate of drug-likeness (QED) is 0.539. The van der Waals surface area contributed by atoms with Crippen LogP contribution in [-0.4, -0.2) is 38.4 Å². The number of nitrogens with one attached hydrogen (secondary N) is 1. The van der Waals surface area contributed by atoms with Crippen molar-refractivity contribution in [3.63, 3.8) is 0 Å². The minimum atomic E-state index is -1.03. The van der Waals surface area contributed by atoms with Crippen molar-refractivity contribution in [3.05, 3.63) is 11.9 Å². The Labute approximate surface area is 73.8 Å². The van der Waals surface area contributed by atoms with Crippen molar-refractivity contribution in [1.29, 1.82) is 0 Å². The highest BCUT2D eigenvalue weighted by Crippen LogP contribution is 2.15. The first kappa shape index (κ1) is 8.06. The Morgan fingerprint density at radius 2 is 2.54 bits per heavy atom. The van der Waals surface area contributed by atoms with E-state index in [-0.39, 0.29) is 12.2 Å². The van der Waals surface area contributed by atoms with Gasteiger partial charge in [-0.2, -0.15) is 0 Å². The molecule has 0 bridgehead atoms. The summed E-state index contributed by atoms with van der Waals surface area (Å²) in [6.07, 6.45) is 0.725. The molecule has 0 saturated heterocycles. The minimum Gasteiger partial charge on any atom is -0.477 e. The number of imidazole rings is 1. The Morgan fingerprint density at radius 3 is 3.23 bits per heavy atom. The van der Waals surface area contributed by atoms with Gasteiger partial charge in [0.2, 0.25) is 5.95 Å². The van der Waals surface area contributed by atoms with Gasteiger partial charge in [-0.05, 0) is 0 Å². The molecule has 2 heterocycles. The van der Waals surface area contributed by atoms with E-state index in [2.05, 4.69) is 10.3 Å². The molecule has 0 radical (unpaired) electrons. The summed E-state index contributed by atoms with van der Waals surface area (Å²) in [7, 11) is 0. The molecule has 0 fully saturated rings. The fraction of sp³-hybridized carbons (Fsp3) is 0.429. The van der Waals surface area contributed by atoms with E-state index in [0.717, 1.165) is 0 Å². The normalized spacial score (nSPS) is 20.5. The van der Waals surface area contributed by atoms with Crippen LogP contribution in [0.15, 0.2) is 6.20 Å². The van der Waals surface area contributed by atoms with Crippen LogP contribution in [-0.2, 0) is 6.54 Å². The van der Waals surface area contributed by atoms with Crippen LogP contribution >= 0.6 is 0 Å². The maximum absolute atomic E-state index is 10.7. The molecule has 6 nitrogen and oxygen atoms in total. The second kappa shape index (κ2) is 2.74. The average Bonchev–Trinajstić information content (AvgIpc) is 2.46. The topological polar surface area (TPSA) is 87.4 Å². The second-order valence-corrected chi connectivity index (χ2v) is 2.92. The van der Waals surface area contributed by atoms with Crippen LogP contribution in [0.3, 0.4) is 0 Å². The zero-order valence-electron chi connectivity index (χ0n) is 6.77. The minimum absolute atomic E-state index is 0.0984. The molecule has 70 valence electrons. The number of carboxylic acids is 1. The molecule has 0 spiro atoms. The third-order valence-corrected chi connectivity index (χ3v) is 1.96. The lowest BCUT2D eigenvalue weighted by Gasteiger charge is -2.21. The molecule has 2 rings (SSSR count). The first-order valence-electron chi connectivity index (χ1n) is 3.89. The Bertz CT molecular complexity index is 347. The number of hydrogen-bond donors (Lipinski definition) is 3. The van der Waals surface area contributed by atoms with Crippen LogP contribution in [0.25, 0.3) is 0 Å². The van der Waals surface area contributed by atoms with Crippen molar-refractivity contribution < 1.29 is 15.0 Å². The van der Waals surface area contributed by atoms with Crippen LogP contribution < -0.4 is 5.32 Å². The molecule has 1 aromatic rings. The SMILES string of the molecule is O=C(O)c1cnc2n1CC(O)CN2. The molecule has 0 aliphatic carbocycles. The fourth-order valence-electron chi connectivity index (χ4n) is 1.36. The van der Waals surface area contributed by atoms with Crippen molar-refractivity contribution in [2.24, 2.45) is 0 Å². The van der Waals surface area contributed by atoms with Gasteiger partial charge in [-0.25, -0.2) is 9.78 Å². The first-order chi connectivity index (χ1) is 6.18. The molecule has 1 aliphatic rings. The van der Waals surface area contributed by atoms with Gasteiger partial charge >= 0.3 is 5.97 Å². The molecular weight excluding hydrogens is 174 g/mol. The Kier molecular flexibility index (Phi) is 1.70. The molecule has 1 unspecified atom stereocenters. The number of β-amino-alcohol motifs (C(OH)–C–C–N with tert-alkyl or cyclic N) is 1. The summed E-state index contributed by atoms with van der Waals surface area (Å²) in [5.41, 5.74) is 0.0984. The maximum atomic E-state index is 10.7. The van der Waals surface area contributed by atoms with E-state index in [4.69, 9.17) is 5.11 Å². The summed E-state index contributed by atoms with van der Waals surface area (Å²) >= 11 is 0. The van der Waals surface area contributed by atoms with E-state index in [9.17, 15) is 9.90 Å². The van der Waals surface area contributed by atoms with E-state index in [0.29, 0.717) is 12.5 Å². The summed E-state index contributed by atoms with van der Waals surface area (Å²) in [6, 6.07) is 0. The number of aromatic nitrogens is 2. The zero-order chi connectivity index (χ0) is 9.42. The van der Waals surface area contributed by atoms with Crippen molar-refractivity contribution in [2.75, 3.05) is 11.9 Å². The van der Waals surface area contributed by atoms with Gasteiger partial charge in [0, 0.05) is 6.54 Å². The molecule has 0 saturated carbocycles. The predicted octanol–water partition coefficient (Wildman–Crippen LogP) is -0.632. The molecule has 1 atom stereocenters. The number of aliphatic hydroxyl groups is 1. The van der Waals surface area contributed by atoms with E-state index < -0.39 is 12.1 Å².